The molecule has 4 aromatic carbocycles. The van der Waals surface area contributed by atoms with E-state index in [1.807, 2.05) is 76.8 Å². The average Bonchev–Trinajstić information content (AvgIpc) is 2.79. The van der Waals surface area contributed by atoms with Crippen LogP contribution in [0.25, 0.3) is 0 Å². The van der Waals surface area contributed by atoms with Gasteiger partial charge in [0.2, 0.25) is 0 Å². The first-order valence-electron chi connectivity index (χ1n) is 11.5. The van der Waals surface area contributed by atoms with E-state index in [-0.39, 0.29) is 17.2 Å². The van der Waals surface area contributed by atoms with Crippen LogP contribution in [-0.2, 0) is 0 Å². The second-order valence-electron chi connectivity index (χ2n) is 9.15. The Balaban J connectivity index is 1.83. The molecule has 0 fully saturated rings. The van der Waals surface area contributed by atoms with Crippen LogP contribution in [0.3, 0.4) is 0 Å². The highest BCUT2D eigenvalue weighted by Gasteiger charge is 2.20. The van der Waals surface area contributed by atoms with E-state index < -0.39 is 0 Å². The molecule has 0 aliphatic heterocycles. The van der Waals surface area contributed by atoms with E-state index in [0.29, 0.717) is 17.1 Å². The smallest absolute Gasteiger partial charge is 0.134 e. The first-order valence-corrected chi connectivity index (χ1v) is 11.5. The second kappa shape index (κ2) is 9.26. The quantitative estimate of drug-likeness (QED) is 0.277. The van der Waals surface area contributed by atoms with Gasteiger partial charge in [0, 0.05) is 23.4 Å². The molecule has 0 radical (unpaired) electrons. The molecule has 0 atom stereocenters. The number of hydrogen-bond donors (Lipinski definition) is 3. The fraction of sp³-hybridized carbons (Fsp3) is 0.200. The normalized spacial score (nSPS) is 10.9. The van der Waals surface area contributed by atoms with E-state index in [1.54, 1.807) is 30.3 Å². The molecule has 5 heteroatoms. The number of rotatable bonds is 5. The zero-order valence-corrected chi connectivity index (χ0v) is 21.0. The molecule has 180 valence electrons. The lowest BCUT2D eigenvalue weighted by molar-refractivity contribution is 0.447. The van der Waals surface area contributed by atoms with Crippen LogP contribution in [0, 0.1) is 41.5 Å². The van der Waals surface area contributed by atoms with Crippen molar-refractivity contribution in [2.45, 2.75) is 41.5 Å². The van der Waals surface area contributed by atoms with Crippen molar-refractivity contribution in [3.05, 3.63) is 94.0 Å². The van der Waals surface area contributed by atoms with Gasteiger partial charge < -0.3 is 25.0 Å². The topological polar surface area (TPSA) is 73.2 Å². The van der Waals surface area contributed by atoms with Gasteiger partial charge in [0.05, 0.1) is 11.4 Å². The second-order valence-corrected chi connectivity index (χ2v) is 9.15. The summed E-state index contributed by atoms with van der Waals surface area (Å²) in [5, 5.41) is 30.9. The molecule has 0 saturated carbocycles. The summed E-state index contributed by atoms with van der Waals surface area (Å²) in [6.07, 6.45) is 0. The van der Waals surface area contributed by atoms with Crippen LogP contribution in [0.15, 0.2) is 60.7 Å². The van der Waals surface area contributed by atoms with Gasteiger partial charge in [-0.3, -0.25) is 0 Å². The summed E-state index contributed by atoms with van der Waals surface area (Å²) in [5.74, 6) is 1.79. The van der Waals surface area contributed by atoms with Crippen LogP contribution >= 0.6 is 0 Å². The highest BCUT2D eigenvalue weighted by Crippen LogP contribution is 2.43. The summed E-state index contributed by atoms with van der Waals surface area (Å²) >= 11 is 0. The maximum atomic E-state index is 10.4. The summed E-state index contributed by atoms with van der Waals surface area (Å²) in [7, 11) is 0. The van der Waals surface area contributed by atoms with Gasteiger partial charge >= 0.3 is 0 Å². The molecule has 0 unspecified atom stereocenters. The van der Waals surface area contributed by atoms with Crippen LogP contribution < -0.4 is 9.64 Å². The summed E-state index contributed by atoms with van der Waals surface area (Å²) < 4.78 is 6.08. The standard InChI is InChI=1S/C30H31NO4/c1-17-11-29(34)22(6)30(12-17)35-26-9-7-23(8-10-26)31(27-15-24(32)13-18(2)20(27)4)28-16-25(33)14-19(3)21(28)5/h7-16,32-34H,1-6H3. The summed E-state index contributed by atoms with van der Waals surface area (Å²) in [6.45, 7) is 11.7. The molecule has 3 N–H and O–H groups in total. The Kier molecular flexibility index (Phi) is 6.35. The maximum Gasteiger partial charge on any atom is 0.134 e. The number of phenolic OH excluding ortho intramolecular Hbond substituents is 3. The molecule has 0 aromatic heterocycles. The highest BCUT2D eigenvalue weighted by molar-refractivity contribution is 5.82. The molecule has 0 aliphatic carbocycles. The Morgan fingerprint density at radius 2 is 1.11 bits per heavy atom. The Morgan fingerprint density at radius 3 is 1.63 bits per heavy atom. The molecule has 0 bridgehead atoms. The third-order valence-corrected chi connectivity index (χ3v) is 6.53. The minimum Gasteiger partial charge on any atom is -0.508 e. The van der Waals surface area contributed by atoms with Crippen molar-refractivity contribution in [2.24, 2.45) is 0 Å². The lowest BCUT2D eigenvalue weighted by Crippen LogP contribution is -2.13. The fourth-order valence-electron chi connectivity index (χ4n) is 4.22. The zero-order valence-electron chi connectivity index (χ0n) is 21.0. The SMILES string of the molecule is Cc1cc(O)c(C)c(Oc2ccc(N(c3cc(O)cc(C)c3C)c3cc(O)cc(C)c3C)cc2)c1. The number of aryl methyl sites for hydroxylation is 3. The summed E-state index contributed by atoms with van der Waals surface area (Å²) in [6, 6.07) is 18.2. The molecule has 0 saturated heterocycles. The Bertz CT molecular complexity index is 1350. The van der Waals surface area contributed by atoms with Gasteiger partial charge in [0.1, 0.15) is 28.7 Å². The molecular weight excluding hydrogens is 438 g/mol. The monoisotopic (exact) mass is 469 g/mol. The summed E-state index contributed by atoms with van der Waals surface area (Å²) in [4.78, 5) is 2.04. The van der Waals surface area contributed by atoms with Crippen LogP contribution in [0.5, 0.6) is 28.7 Å². The number of anilines is 3. The number of aromatic hydroxyl groups is 3. The third kappa shape index (κ3) is 4.76. The van der Waals surface area contributed by atoms with E-state index in [4.69, 9.17) is 4.74 Å². The third-order valence-electron chi connectivity index (χ3n) is 6.53. The molecule has 35 heavy (non-hydrogen) atoms. The molecule has 0 amide bonds. The van der Waals surface area contributed by atoms with Crippen LogP contribution in [-0.4, -0.2) is 15.3 Å². The van der Waals surface area contributed by atoms with E-state index in [9.17, 15) is 15.3 Å². The number of benzene rings is 4. The van der Waals surface area contributed by atoms with Crippen molar-refractivity contribution in [1.82, 2.24) is 0 Å². The van der Waals surface area contributed by atoms with E-state index in [0.717, 1.165) is 44.9 Å². The lowest BCUT2D eigenvalue weighted by Gasteiger charge is -2.30. The van der Waals surface area contributed by atoms with Crippen molar-refractivity contribution < 1.29 is 20.1 Å². The van der Waals surface area contributed by atoms with Crippen molar-refractivity contribution in [1.29, 1.82) is 0 Å². The van der Waals surface area contributed by atoms with E-state index in [1.165, 1.54) is 0 Å². The van der Waals surface area contributed by atoms with Crippen molar-refractivity contribution in [2.75, 3.05) is 4.90 Å². The van der Waals surface area contributed by atoms with Crippen molar-refractivity contribution in [3.63, 3.8) is 0 Å². The minimum atomic E-state index is 0.178. The summed E-state index contributed by atoms with van der Waals surface area (Å²) in [5.41, 5.74) is 8.07. The zero-order chi connectivity index (χ0) is 25.4. The molecular formula is C30H31NO4. The Labute approximate surface area is 206 Å². The average molecular weight is 470 g/mol. The molecule has 0 spiro atoms. The van der Waals surface area contributed by atoms with Crippen molar-refractivity contribution in [3.8, 4) is 28.7 Å². The molecule has 0 heterocycles. The maximum absolute atomic E-state index is 10.4. The van der Waals surface area contributed by atoms with Gasteiger partial charge in [-0.1, -0.05) is 0 Å². The fourth-order valence-corrected chi connectivity index (χ4v) is 4.22. The van der Waals surface area contributed by atoms with Gasteiger partial charge in [-0.2, -0.15) is 0 Å². The molecule has 0 aliphatic rings. The van der Waals surface area contributed by atoms with Crippen molar-refractivity contribution >= 4 is 17.1 Å². The Hall–Kier alpha value is -4.12. The highest BCUT2D eigenvalue weighted by atomic mass is 16.5. The van der Waals surface area contributed by atoms with Crippen LogP contribution in [0.4, 0.5) is 17.1 Å². The van der Waals surface area contributed by atoms with Gasteiger partial charge in [-0.25, -0.2) is 0 Å². The first kappa shape index (κ1) is 24.0. The van der Waals surface area contributed by atoms with Gasteiger partial charge in [-0.15, -0.1) is 0 Å². The van der Waals surface area contributed by atoms with Crippen LogP contribution in [0.1, 0.15) is 33.4 Å². The minimum absolute atomic E-state index is 0.178. The largest absolute Gasteiger partial charge is 0.508 e. The van der Waals surface area contributed by atoms with Gasteiger partial charge in [-0.05, 0) is 118 Å². The van der Waals surface area contributed by atoms with E-state index in [2.05, 4.69) is 0 Å². The number of hydrogen-bond acceptors (Lipinski definition) is 5. The number of phenols is 3. The molecule has 5 nitrogen and oxygen atoms in total. The van der Waals surface area contributed by atoms with Crippen LogP contribution in [0.2, 0.25) is 0 Å². The van der Waals surface area contributed by atoms with E-state index >= 15 is 0 Å². The first-order chi connectivity index (χ1) is 16.5. The molecule has 4 rings (SSSR count). The van der Waals surface area contributed by atoms with Gasteiger partial charge in [0.25, 0.3) is 0 Å². The lowest BCUT2D eigenvalue weighted by atomic mass is 10.0. The Morgan fingerprint density at radius 1 is 0.600 bits per heavy atom. The predicted octanol–water partition coefficient (Wildman–Crippen LogP) is 7.92. The predicted molar refractivity (Wildman–Crippen MR) is 141 cm³/mol. The molecule has 4 aromatic rings. The number of ether oxygens (including phenoxy) is 1. The van der Waals surface area contributed by atoms with Gasteiger partial charge in [0.15, 0.2) is 0 Å². The number of nitrogens with zero attached hydrogens (tertiary/aromatic N) is 1.